The molecule has 3 aromatic rings. The predicted molar refractivity (Wildman–Crippen MR) is 125 cm³/mol. The molecule has 0 spiro atoms. The smallest absolute Gasteiger partial charge is 0.340 e. The number of fused-ring (bicyclic) bond motifs is 1. The summed E-state index contributed by atoms with van der Waals surface area (Å²) in [7, 11) is 1.97. The van der Waals surface area contributed by atoms with Crippen LogP contribution >= 0.6 is 0 Å². The Balaban J connectivity index is 1.55. The number of hydrogen-bond acceptors (Lipinski definition) is 6. The number of aromatic nitrogens is 3. The molecule has 1 saturated heterocycles. The fourth-order valence-corrected chi connectivity index (χ4v) is 4.53. The fraction of sp³-hybridized carbons (Fsp3) is 0.280. The van der Waals surface area contributed by atoms with Gasteiger partial charge in [0.1, 0.15) is 12.1 Å². The highest BCUT2D eigenvalue weighted by Gasteiger charge is 2.36. The average Bonchev–Trinajstić information content (AvgIpc) is 2.84. The fourth-order valence-electron chi connectivity index (χ4n) is 4.53. The average molecular weight is 479 g/mol. The zero-order valence-electron chi connectivity index (χ0n) is 18.9. The molecule has 0 atom stereocenters. The summed E-state index contributed by atoms with van der Waals surface area (Å²) in [5.74, 6) is -0.554. The number of pyridine rings is 1. The van der Waals surface area contributed by atoms with Crippen LogP contribution in [-0.2, 0) is 6.18 Å². The molecule has 7 nitrogen and oxygen atoms in total. The topological polar surface area (TPSA) is 85.1 Å². The van der Waals surface area contributed by atoms with Crippen LogP contribution in [0.5, 0.6) is 0 Å². The quantitative estimate of drug-likeness (QED) is 0.577. The molecule has 0 unspecified atom stereocenters. The Kier molecular flexibility index (Phi) is 5.98. The lowest BCUT2D eigenvalue weighted by atomic mass is 9.86. The van der Waals surface area contributed by atoms with Gasteiger partial charge in [-0.25, -0.2) is 20.3 Å². The lowest BCUT2D eigenvalue weighted by molar-refractivity contribution is -0.138. The van der Waals surface area contributed by atoms with Crippen LogP contribution in [0.1, 0.15) is 45.8 Å². The van der Waals surface area contributed by atoms with Crippen LogP contribution in [0.15, 0.2) is 49.2 Å². The normalized spacial score (nSPS) is 16.6. The van der Waals surface area contributed by atoms with Gasteiger partial charge in [0.15, 0.2) is 0 Å². The summed E-state index contributed by atoms with van der Waals surface area (Å²) in [6.45, 7) is 1.51. The number of anilines is 2. The molecule has 0 bridgehead atoms. The zero-order valence-corrected chi connectivity index (χ0v) is 18.9. The maximum atomic E-state index is 14.1. The number of halogens is 3. The van der Waals surface area contributed by atoms with Crippen LogP contribution in [0.25, 0.3) is 17.3 Å². The standard InChI is InChI=1S/C25H22F3N6O/c1-34-8-5-15(6-9-34)19-3-2-18(11-20(19)25(26,27)28)32-23-22-16(4-7-31-24(22)35)10-21(33-23)17-12-29-14-30-13-17/h2-4,7,10-15H,5-6,8-9H2,1H3,(H,32,33). The molecule has 0 aliphatic carbocycles. The third kappa shape index (κ3) is 4.74. The van der Waals surface area contributed by atoms with Gasteiger partial charge in [-0.15, -0.1) is 0 Å². The molecule has 4 heterocycles. The van der Waals surface area contributed by atoms with E-state index < -0.39 is 17.6 Å². The number of alkyl halides is 3. The van der Waals surface area contributed by atoms with Crippen molar-refractivity contribution < 1.29 is 18.0 Å². The van der Waals surface area contributed by atoms with Crippen molar-refractivity contribution >= 4 is 23.5 Å². The van der Waals surface area contributed by atoms with Gasteiger partial charge in [0.2, 0.25) is 0 Å². The molecule has 1 amide bonds. The second-order valence-corrected chi connectivity index (χ2v) is 8.70. The minimum absolute atomic E-state index is 0.125. The van der Waals surface area contributed by atoms with Gasteiger partial charge in [-0.1, -0.05) is 6.07 Å². The van der Waals surface area contributed by atoms with Crippen molar-refractivity contribution in [3.05, 3.63) is 71.4 Å². The molecule has 2 aliphatic heterocycles. The molecule has 1 radical (unpaired) electrons. The molecule has 1 N–H and O–H groups in total. The van der Waals surface area contributed by atoms with Gasteiger partial charge in [0.05, 0.1) is 16.8 Å². The lowest BCUT2D eigenvalue weighted by Gasteiger charge is -2.31. The Hall–Kier alpha value is -3.79. The van der Waals surface area contributed by atoms with Crippen molar-refractivity contribution in [1.29, 1.82) is 0 Å². The van der Waals surface area contributed by atoms with Gasteiger partial charge in [-0.3, -0.25) is 4.79 Å². The van der Waals surface area contributed by atoms with Gasteiger partial charge in [0, 0.05) is 29.8 Å². The van der Waals surface area contributed by atoms with Crippen molar-refractivity contribution in [1.82, 2.24) is 25.2 Å². The molecule has 1 aromatic carbocycles. The van der Waals surface area contributed by atoms with E-state index in [0.29, 0.717) is 35.2 Å². The molecule has 0 saturated carbocycles. The Labute approximate surface area is 200 Å². The number of hydrogen-bond donors (Lipinski definition) is 1. The van der Waals surface area contributed by atoms with Crippen molar-refractivity contribution in [2.75, 3.05) is 25.5 Å². The molecule has 179 valence electrons. The van der Waals surface area contributed by atoms with Crippen molar-refractivity contribution in [2.45, 2.75) is 24.9 Å². The highest BCUT2D eigenvalue weighted by molar-refractivity contribution is 6.05. The summed E-state index contributed by atoms with van der Waals surface area (Å²) in [6, 6.07) is 5.94. The molecule has 10 heteroatoms. The molecular formula is C25H22F3N6O. The number of nitrogens with zero attached hydrogens (tertiary/aromatic N) is 5. The summed E-state index contributed by atoms with van der Waals surface area (Å²) >= 11 is 0. The summed E-state index contributed by atoms with van der Waals surface area (Å²) in [5, 5.41) is 6.75. The first-order valence-electron chi connectivity index (χ1n) is 11.2. The zero-order chi connectivity index (χ0) is 24.6. The highest BCUT2D eigenvalue weighted by Crippen LogP contribution is 2.41. The largest absolute Gasteiger partial charge is 0.416 e. The van der Waals surface area contributed by atoms with E-state index in [2.05, 4.69) is 30.5 Å². The molecule has 1 fully saturated rings. The molecule has 35 heavy (non-hydrogen) atoms. The number of carbonyl (C=O) groups excluding carboxylic acids is 1. The van der Waals surface area contributed by atoms with Crippen molar-refractivity contribution in [3.63, 3.8) is 0 Å². The minimum atomic E-state index is -4.51. The number of rotatable bonds is 4. The van der Waals surface area contributed by atoms with Gasteiger partial charge < -0.3 is 10.2 Å². The van der Waals surface area contributed by atoms with Crippen molar-refractivity contribution in [3.8, 4) is 11.3 Å². The highest BCUT2D eigenvalue weighted by atomic mass is 19.4. The number of benzene rings is 1. The molecule has 5 rings (SSSR count). The Morgan fingerprint density at radius 3 is 2.54 bits per heavy atom. The Morgan fingerprint density at radius 1 is 1.09 bits per heavy atom. The van der Waals surface area contributed by atoms with E-state index in [9.17, 15) is 18.0 Å². The molecular weight excluding hydrogens is 457 g/mol. The summed E-state index contributed by atoms with van der Waals surface area (Å²) in [6.07, 6.45) is 4.40. The Bertz CT molecular complexity index is 1280. The second-order valence-electron chi connectivity index (χ2n) is 8.70. The van der Waals surface area contributed by atoms with E-state index >= 15 is 0 Å². The van der Waals surface area contributed by atoms with Gasteiger partial charge in [0.25, 0.3) is 5.91 Å². The minimum Gasteiger partial charge on any atom is -0.340 e. The summed E-state index contributed by atoms with van der Waals surface area (Å²) in [4.78, 5) is 27.2. The number of carbonyl (C=O) groups is 1. The van der Waals surface area contributed by atoms with E-state index in [1.807, 2.05) is 7.05 Å². The Morgan fingerprint density at radius 2 is 1.83 bits per heavy atom. The SMILES string of the molecule is CN1CCC(c2ccc(Nc3nc(-c4cncnc4)cc4c3C(=O)[N]C=C4)cc2C(F)(F)F)CC1. The first-order chi connectivity index (χ1) is 16.8. The van der Waals surface area contributed by atoms with E-state index in [0.717, 1.165) is 19.2 Å². The third-order valence-electron chi connectivity index (χ3n) is 6.35. The maximum Gasteiger partial charge on any atom is 0.416 e. The summed E-state index contributed by atoms with van der Waals surface area (Å²) in [5.41, 5.74) is 1.65. The van der Waals surface area contributed by atoms with E-state index in [-0.39, 0.29) is 23.0 Å². The first-order valence-corrected chi connectivity index (χ1v) is 11.2. The van der Waals surface area contributed by atoms with Gasteiger partial charge in [-0.05, 0) is 74.3 Å². The number of piperidine rings is 1. The van der Waals surface area contributed by atoms with Crippen LogP contribution in [0.2, 0.25) is 0 Å². The molecule has 2 aromatic heterocycles. The predicted octanol–water partition coefficient (Wildman–Crippen LogP) is 4.84. The van der Waals surface area contributed by atoms with E-state index in [1.165, 1.54) is 18.6 Å². The molecule has 2 aliphatic rings. The van der Waals surface area contributed by atoms with E-state index in [1.54, 1.807) is 30.6 Å². The van der Waals surface area contributed by atoms with Crippen LogP contribution in [0, 0.1) is 0 Å². The van der Waals surface area contributed by atoms with Gasteiger partial charge >= 0.3 is 6.18 Å². The van der Waals surface area contributed by atoms with E-state index in [4.69, 9.17) is 0 Å². The monoisotopic (exact) mass is 479 g/mol. The van der Waals surface area contributed by atoms with Crippen LogP contribution < -0.4 is 10.6 Å². The van der Waals surface area contributed by atoms with Crippen LogP contribution in [-0.4, -0.2) is 45.9 Å². The maximum absolute atomic E-state index is 14.1. The number of nitrogens with one attached hydrogen (secondary N) is 1. The number of likely N-dealkylation sites (tertiary alicyclic amines) is 1. The first kappa shape index (κ1) is 23.0. The second kappa shape index (κ2) is 9.10. The van der Waals surface area contributed by atoms with Crippen molar-refractivity contribution in [2.24, 2.45) is 0 Å². The van der Waals surface area contributed by atoms with Crippen LogP contribution in [0.4, 0.5) is 24.7 Å². The van der Waals surface area contributed by atoms with Gasteiger partial charge in [-0.2, -0.15) is 13.2 Å². The lowest BCUT2D eigenvalue weighted by Crippen LogP contribution is -2.30. The third-order valence-corrected chi connectivity index (χ3v) is 6.35. The summed E-state index contributed by atoms with van der Waals surface area (Å²) < 4.78 is 42.2. The van der Waals surface area contributed by atoms with Crippen LogP contribution in [0.3, 0.4) is 0 Å². The number of amides is 1.